The molecule has 1 heterocycles. The van der Waals surface area contributed by atoms with Crippen LogP contribution in [-0.4, -0.2) is 44.0 Å². The Morgan fingerprint density at radius 3 is 2.10 bits per heavy atom. The molecule has 5 nitrogen and oxygen atoms in total. The molecule has 1 fully saturated rings. The average molecular weight is 396 g/mol. The Labute approximate surface area is 172 Å². The highest BCUT2D eigenvalue weighted by Crippen LogP contribution is 2.15. The van der Waals surface area contributed by atoms with E-state index in [2.05, 4.69) is 26.0 Å². The van der Waals surface area contributed by atoms with Gasteiger partial charge in [0.05, 0.1) is 12.4 Å². The first-order valence-corrected chi connectivity index (χ1v) is 10.5. The number of carbonyl (C=O) groups is 2. The lowest BCUT2D eigenvalue weighted by Crippen LogP contribution is -3.29. The molecule has 0 radical (unpaired) electrons. The van der Waals surface area contributed by atoms with E-state index in [1.807, 2.05) is 30.3 Å². The first-order valence-electron chi connectivity index (χ1n) is 10.5. The van der Waals surface area contributed by atoms with Crippen LogP contribution >= 0.6 is 0 Å². The van der Waals surface area contributed by atoms with Crippen LogP contribution in [-0.2, 0) is 11.3 Å². The molecule has 0 spiro atoms. The maximum Gasteiger partial charge on any atom is 0.169 e. The van der Waals surface area contributed by atoms with E-state index in [1.165, 1.54) is 16.0 Å². The number of carboxylic acids is 1. The number of ketones is 1. The Balaban J connectivity index is 1.57. The van der Waals surface area contributed by atoms with Crippen LogP contribution in [0.25, 0.3) is 0 Å². The standard InChI is InChI=1S/C24H30N2O3/c1-18(2)20-8-10-21(11-9-20)23(27)16-22(24(28)29)26-14-12-25(13-15-26)17-19-6-4-3-5-7-19/h3-11,18,22H,12-17H2,1-2H3,(H,28,29)/p+1/t22-/m1/s1. The predicted octanol–water partition coefficient (Wildman–Crippen LogP) is -0.515. The molecule has 0 bridgehead atoms. The Morgan fingerprint density at radius 2 is 1.55 bits per heavy atom. The Morgan fingerprint density at radius 1 is 0.931 bits per heavy atom. The molecule has 5 heteroatoms. The van der Waals surface area contributed by atoms with Gasteiger partial charge in [-0.05, 0) is 11.5 Å². The summed E-state index contributed by atoms with van der Waals surface area (Å²) in [7, 11) is 0. The summed E-state index contributed by atoms with van der Waals surface area (Å²) >= 11 is 0. The van der Waals surface area contributed by atoms with Gasteiger partial charge in [-0.2, -0.15) is 0 Å². The highest BCUT2D eigenvalue weighted by molar-refractivity contribution is 5.98. The van der Waals surface area contributed by atoms with Crippen LogP contribution in [0.3, 0.4) is 0 Å². The van der Waals surface area contributed by atoms with Crippen LogP contribution < -0.4 is 14.9 Å². The van der Waals surface area contributed by atoms with Crippen molar-refractivity contribution in [3.63, 3.8) is 0 Å². The third-order valence-electron chi connectivity index (χ3n) is 5.96. The fourth-order valence-electron chi connectivity index (χ4n) is 4.09. The Kier molecular flexibility index (Phi) is 7.18. The van der Waals surface area contributed by atoms with Crippen LogP contribution in [0.1, 0.15) is 47.7 Å². The molecule has 0 aromatic heterocycles. The second kappa shape index (κ2) is 9.81. The minimum absolute atomic E-state index is 0.00723. The highest BCUT2D eigenvalue weighted by Gasteiger charge is 2.32. The molecular weight excluding hydrogens is 364 g/mol. The predicted molar refractivity (Wildman–Crippen MR) is 110 cm³/mol. The fraction of sp³-hybridized carbons (Fsp3) is 0.417. The van der Waals surface area contributed by atoms with Crippen molar-refractivity contribution in [2.45, 2.75) is 38.8 Å². The lowest BCUT2D eigenvalue weighted by atomic mass is 9.97. The summed E-state index contributed by atoms with van der Waals surface area (Å²) in [5.74, 6) is -0.853. The molecule has 0 amide bonds. The number of benzene rings is 2. The zero-order valence-corrected chi connectivity index (χ0v) is 17.3. The molecule has 0 saturated carbocycles. The number of quaternary nitrogens is 2. The summed E-state index contributed by atoms with van der Waals surface area (Å²) in [5, 5.41) is 11.8. The summed E-state index contributed by atoms with van der Waals surface area (Å²) in [6.45, 7) is 8.42. The van der Waals surface area contributed by atoms with Gasteiger partial charge in [-0.25, -0.2) is 0 Å². The lowest BCUT2D eigenvalue weighted by molar-refractivity contribution is -1.03. The quantitative estimate of drug-likeness (QED) is 0.592. The van der Waals surface area contributed by atoms with Crippen molar-refractivity contribution in [3.05, 3.63) is 71.3 Å². The van der Waals surface area contributed by atoms with E-state index in [1.54, 1.807) is 12.1 Å². The van der Waals surface area contributed by atoms with Gasteiger partial charge in [-0.3, -0.25) is 4.79 Å². The molecule has 2 N–H and O–H groups in total. The molecule has 1 aliphatic rings. The molecule has 3 rings (SSSR count). The van der Waals surface area contributed by atoms with Gasteiger partial charge < -0.3 is 19.7 Å². The molecule has 1 aliphatic heterocycles. The first kappa shape index (κ1) is 21.2. The number of aliphatic carboxylic acids is 1. The number of carbonyl (C=O) groups excluding carboxylic acids is 2. The average Bonchev–Trinajstić information content (AvgIpc) is 2.73. The van der Waals surface area contributed by atoms with E-state index in [4.69, 9.17) is 0 Å². The van der Waals surface area contributed by atoms with E-state index in [9.17, 15) is 14.7 Å². The zero-order chi connectivity index (χ0) is 20.8. The van der Waals surface area contributed by atoms with Gasteiger partial charge in [0.25, 0.3) is 0 Å². The van der Waals surface area contributed by atoms with Gasteiger partial charge in [0.1, 0.15) is 38.8 Å². The Bertz CT molecular complexity index is 810. The van der Waals surface area contributed by atoms with Crippen molar-refractivity contribution >= 4 is 11.8 Å². The van der Waals surface area contributed by atoms with E-state index >= 15 is 0 Å². The van der Waals surface area contributed by atoms with Crippen LogP contribution in [0.4, 0.5) is 0 Å². The first-order chi connectivity index (χ1) is 13.9. The topological polar surface area (TPSA) is 66.1 Å². The van der Waals surface area contributed by atoms with Crippen molar-refractivity contribution in [1.29, 1.82) is 0 Å². The smallest absolute Gasteiger partial charge is 0.169 e. The van der Waals surface area contributed by atoms with Gasteiger partial charge in [0.15, 0.2) is 5.78 Å². The van der Waals surface area contributed by atoms with Gasteiger partial charge >= 0.3 is 0 Å². The zero-order valence-electron chi connectivity index (χ0n) is 17.3. The number of hydrogen-bond acceptors (Lipinski definition) is 3. The van der Waals surface area contributed by atoms with E-state index in [0.717, 1.165) is 37.6 Å². The highest BCUT2D eigenvalue weighted by atomic mass is 16.4. The summed E-state index contributed by atoms with van der Waals surface area (Å²) in [5.41, 5.74) is 3.04. The van der Waals surface area contributed by atoms with E-state index in [0.29, 0.717) is 11.5 Å². The second-order valence-corrected chi connectivity index (χ2v) is 8.35. The maximum atomic E-state index is 12.7. The molecule has 1 atom stereocenters. The summed E-state index contributed by atoms with van der Waals surface area (Å²) in [6, 6.07) is 17.1. The summed E-state index contributed by atoms with van der Waals surface area (Å²) in [4.78, 5) is 26.9. The largest absolute Gasteiger partial charge is 0.544 e. The number of piperazine rings is 1. The van der Waals surface area contributed by atoms with Crippen molar-refractivity contribution in [3.8, 4) is 0 Å². The van der Waals surface area contributed by atoms with Gasteiger partial charge in [-0.15, -0.1) is 0 Å². The van der Waals surface area contributed by atoms with Crippen molar-refractivity contribution in [2.24, 2.45) is 0 Å². The van der Waals surface area contributed by atoms with Crippen molar-refractivity contribution < 1.29 is 24.5 Å². The van der Waals surface area contributed by atoms with Gasteiger partial charge in [-0.1, -0.05) is 68.4 Å². The number of rotatable bonds is 8. The van der Waals surface area contributed by atoms with Crippen molar-refractivity contribution in [2.75, 3.05) is 26.2 Å². The van der Waals surface area contributed by atoms with E-state index in [-0.39, 0.29) is 12.2 Å². The number of nitrogens with one attached hydrogen (secondary N) is 2. The summed E-state index contributed by atoms with van der Waals surface area (Å²) in [6.07, 6.45) is -0.00723. The molecule has 0 aliphatic carbocycles. The van der Waals surface area contributed by atoms with Crippen LogP contribution in [0.2, 0.25) is 0 Å². The third-order valence-corrected chi connectivity index (χ3v) is 5.96. The molecular formula is C24H31N2O3+. The normalized spacial score (nSPS) is 20.4. The minimum Gasteiger partial charge on any atom is -0.544 e. The van der Waals surface area contributed by atoms with Gasteiger partial charge in [0, 0.05) is 11.1 Å². The van der Waals surface area contributed by atoms with Crippen molar-refractivity contribution in [1.82, 2.24) is 0 Å². The molecule has 2 aromatic carbocycles. The molecule has 2 aromatic rings. The molecule has 1 saturated heterocycles. The number of Topliss-reactive ketones (excluding diaryl/α,β-unsaturated/α-hetero) is 1. The lowest BCUT2D eigenvalue weighted by Gasteiger charge is -2.34. The molecule has 154 valence electrons. The second-order valence-electron chi connectivity index (χ2n) is 8.35. The van der Waals surface area contributed by atoms with Gasteiger partial charge in [0.2, 0.25) is 0 Å². The SMILES string of the molecule is CC(C)c1ccc(C(=O)C[C@H](C(=O)[O-])[NH+]2CC[NH+](Cc3ccccc3)CC2)cc1. The number of carboxylic acid groups (broad SMARTS) is 1. The van der Waals surface area contributed by atoms with Crippen LogP contribution in [0.15, 0.2) is 54.6 Å². The van der Waals surface area contributed by atoms with E-state index < -0.39 is 12.0 Å². The number of hydrogen-bond donors (Lipinski definition) is 2. The minimum atomic E-state index is -1.13. The Hall–Kier alpha value is -2.50. The maximum absolute atomic E-state index is 12.7. The summed E-state index contributed by atoms with van der Waals surface area (Å²) < 4.78 is 0. The van der Waals surface area contributed by atoms with Crippen LogP contribution in [0, 0.1) is 0 Å². The fourth-order valence-corrected chi connectivity index (χ4v) is 4.09. The molecule has 29 heavy (non-hydrogen) atoms. The third kappa shape index (κ3) is 5.75. The molecule has 0 unspecified atom stereocenters. The van der Waals surface area contributed by atoms with Crippen LogP contribution in [0.5, 0.6) is 0 Å². The monoisotopic (exact) mass is 395 g/mol.